The number of nitrogens with one attached hydrogen (secondary N) is 1. The standard InChI is InChI=1S/C23H23ClFN3O2/c24-17-7-11-19(12-8-17)26-20(29)15-28-22(30)21(16-5-9-18(25)10-6-16)27-23(28)13-3-1-2-4-14-23/h5-12H,1-4,13-15H2,(H,26,29). The van der Waals surface area contributed by atoms with Crippen molar-refractivity contribution in [1.82, 2.24) is 4.90 Å². The van der Waals surface area contributed by atoms with E-state index in [2.05, 4.69) is 5.32 Å². The fourth-order valence-corrected chi connectivity index (χ4v) is 4.33. The minimum atomic E-state index is -0.714. The second kappa shape index (κ2) is 8.56. The smallest absolute Gasteiger partial charge is 0.275 e. The first-order valence-electron chi connectivity index (χ1n) is 10.2. The maximum Gasteiger partial charge on any atom is 0.275 e. The fraction of sp³-hybridized carbons (Fsp3) is 0.348. The highest BCUT2D eigenvalue weighted by Crippen LogP contribution is 2.38. The lowest BCUT2D eigenvalue weighted by molar-refractivity contribution is -0.133. The number of halogens is 2. The number of anilines is 1. The Morgan fingerprint density at radius 3 is 2.30 bits per heavy atom. The first-order valence-corrected chi connectivity index (χ1v) is 10.6. The molecule has 1 N–H and O–H groups in total. The van der Waals surface area contributed by atoms with E-state index in [0.29, 0.717) is 22.0 Å². The summed E-state index contributed by atoms with van der Waals surface area (Å²) < 4.78 is 13.4. The molecule has 1 aliphatic heterocycles. The second-order valence-corrected chi connectivity index (χ2v) is 8.25. The molecule has 1 fully saturated rings. The molecule has 0 atom stereocenters. The summed E-state index contributed by atoms with van der Waals surface area (Å²) in [5.74, 6) is -0.937. The SMILES string of the molecule is O=C(CN1C(=O)C(c2ccc(F)cc2)=NC12CCCCCC2)Nc1ccc(Cl)cc1. The Kier molecular flexibility index (Phi) is 5.86. The molecule has 1 heterocycles. The summed E-state index contributed by atoms with van der Waals surface area (Å²) in [5.41, 5.74) is 0.779. The van der Waals surface area contributed by atoms with Crippen LogP contribution in [0.15, 0.2) is 53.5 Å². The Balaban J connectivity index is 1.59. The van der Waals surface area contributed by atoms with E-state index in [1.165, 1.54) is 12.1 Å². The molecular weight excluding hydrogens is 405 g/mol. The zero-order valence-electron chi connectivity index (χ0n) is 16.5. The lowest BCUT2D eigenvalue weighted by atomic mass is 10.00. The van der Waals surface area contributed by atoms with Gasteiger partial charge >= 0.3 is 0 Å². The summed E-state index contributed by atoms with van der Waals surface area (Å²) in [6, 6.07) is 12.6. The van der Waals surface area contributed by atoms with Crippen LogP contribution in [0.2, 0.25) is 5.02 Å². The molecule has 2 amide bonds. The molecule has 0 radical (unpaired) electrons. The number of hydrogen-bond donors (Lipinski definition) is 1. The zero-order chi connectivity index (χ0) is 21.1. The molecular formula is C23H23ClFN3O2. The molecule has 5 nitrogen and oxygen atoms in total. The van der Waals surface area contributed by atoms with E-state index in [1.807, 2.05) is 0 Å². The molecule has 2 aromatic rings. The summed E-state index contributed by atoms with van der Waals surface area (Å²) in [5, 5.41) is 3.41. The van der Waals surface area contributed by atoms with E-state index < -0.39 is 5.66 Å². The predicted molar refractivity (Wildman–Crippen MR) is 115 cm³/mol. The average Bonchev–Trinajstić information content (AvgIpc) is 2.88. The minimum absolute atomic E-state index is 0.0876. The van der Waals surface area contributed by atoms with Gasteiger partial charge in [0.05, 0.1) is 0 Å². The Morgan fingerprint density at radius 1 is 1.03 bits per heavy atom. The molecule has 1 saturated carbocycles. The number of carbonyl (C=O) groups excluding carboxylic acids is 2. The van der Waals surface area contributed by atoms with Crippen molar-refractivity contribution in [1.29, 1.82) is 0 Å². The van der Waals surface area contributed by atoms with Gasteiger partial charge in [0.1, 0.15) is 23.7 Å². The van der Waals surface area contributed by atoms with Crippen LogP contribution in [0.4, 0.5) is 10.1 Å². The number of aliphatic imine (C=N–C) groups is 1. The third-order valence-electron chi connectivity index (χ3n) is 5.72. The molecule has 4 rings (SSSR count). The van der Waals surface area contributed by atoms with Gasteiger partial charge in [-0.1, -0.05) is 24.4 Å². The molecule has 1 aliphatic carbocycles. The molecule has 1 spiro atoms. The Bertz CT molecular complexity index is 965. The Morgan fingerprint density at radius 2 is 1.67 bits per heavy atom. The van der Waals surface area contributed by atoms with Crippen LogP contribution < -0.4 is 5.32 Å². The summed E-state index contributed by atoms with van der Waals surface area (Å²) in [6.07, 6.45) is 5.51. The van der Waals surface area contributed by atoms with Gasteiger partial charge in [-0.05, 0) is 74.2 Å². The van der Waals surface area contributed by atoms with Crippen molar-refractivity contribution in [2.75, 3.05) is 11.9 Å². The minimum Gasteiger partial charge on any atom is -0.325 e. The first kappa shape index (κ1) is 20.5. The van der Waals surface area contributed by atoms with Gasteiger partial charge in [-0.3, -0.25) is 14.6 Å². The molecule has 2 aliphatic rings. The monoisotopic (exact) mass is 427 g/mol. The third-order valence-corrected chi connectivity index (χ3v) is 5.97. The second-order valence-electron chi connectivity index (χ2n) is 7.81. The number of amides is 2. The average molecular weight is 428 g/mol. The van der Waals surface area contributed by atoms with Gasteiger partial charge in [0, 0.05) is 16.3 Å². The van der Waals surface area contributed by atoms with Crippen molar-refractivity contribution in [3.8, 4) is 0 Å². The molecule has 0 bridgehead atoms. The number of benzene rings is 2. The lowest BCUT2D eigenvalue weighted by Crippen LogP contribution is -2.50. The van der Waals surface area contributed by atoms with Crippen molar-refractivity contribution in [2.45, 2.75) is 44.2 Å². The van der Waals surface area contributed by atoms with Crippen molar-refractivity contribution < 1.29 is 14.0 Å². The van der Waals surface area contributed by atoms with E-state index in [0.717, 1.165) is 38.5 Å². The largest absolute Gasteiger partial charge is 0.325 e. The molecule has 2 aromatic carbocycles. The molecule has 30 heavy (non-hydrogen) atoms. The van der Waals surface area contributed by atoms with Gasteiger partial charge in [-0.2, -0.15) is 0 Å². The fourth-order valence-electron chi connectivity index (χ4n) is 4.20. The molecule has 156 valence electrons. The van der Waals surface area contributed by atoms with Gasteiger partial charge in [0.15, 0.2) is 0 Å². The van der Waals surface area contributed by atoms with Gasteiger partial charge in [-0.15, -0.1) is 0 Å². The van der Waals surface area contributed by atoms with Gasteiger partial charge in [-0.25, -0.2) is 4.39 Å². The Labute approximate surface area is 179 Å². The van der Waals surface area contributed by atoms with E-state index in [1.54, 1.807) is 41.3 Å². The maximum absolute atomic E-state index is 13.4. The number of rotatable bonds is 4. The van der Waals surface area contributed by atoms with Crippen LogP contribution >= 0.6 is 11.6 Å². The summed E-state index contributed by atoms with van der Waals surface area (Å²) in [7, 11) is 0. The highest BCUT2D eigenvalue weighted by molar-refractivity contribution is 6.47. The normalized spacial score (nSPS) is 18.3. The summed E-state index contributed by atoms with van der Waals surface area (Å²) in [4.78, 5) is 32.5. The van der Waals surface area contributed by atoms with Gasteiger partial charge in [0.25, 0.3) is 5.91 Å². The lowest BCUT2D eigenvalue weighted by Gasteiger charge is -2.35. The van der Waals surface area contributed by atoms with Crippen LogP contribution in [0, 0.1) is 5.82 Å². The highest BCUT2D eigenvalue weighted by Gasteiger charge is 2.47. The van der Waals surface area contributed by atoms with E-state index in [4.69, 9.17) is 16.6 Å². The topological polar surface area (TPSA) is 61.8 Å². The van der Waals surface area contributed by atoms with Gasteiger partial charge in [0.2, 0.25) is 5.91 Å². The first-order chi connectivity index (χ1) is 14.5. The molecule has 0 aromatic heterocycles. The van der Waals surface area contributed by atoms with Crippen LogP contribution in [0.3, 0.4) is 0 Å². The van der Waals surface area contributed by atoms with Crippen molar-refractivity contribution in [2.24, 2.45) is 4.99 Å². The number of carbonyl (C=O) groups is 2. The van der Waals surface area contributed by atoms with Crippen LogP contribution in [-0.2, 0) is 9.59 Å². The molecule has 0 saturated heterocycles. The molecule has 7 heteroatoms. The van der Waals surface area contributed by atoms with Crippen molar-refractivity contribution in [3.05, 3.63) is 64.9 Å². The zero-order valence-corrected chi connectivity index (χ0v) is 17.3. The van der Waals surface area contributed by atoms with Crippen molar-refractivity contribution >= 4 is 34.8 Å². The highest BCUT2D eigenvalue weighted by atomic mass is 35.5. The summed E-state index contributed by atoms with van der Waals surface area (Å²) in [6.45, 7) is -0.0876. The third kappa shape index (κ3) is 4.24. The quantitative estimate of drug-likeness (QED) is 0.761. The van der Waals surface area contributed by atoms with Crippen LogP contribution in [-0.4, -0.2) is 34.6 Å². The van der Waals surface area contributed by atoms with Crippen LogP contribution in [0.1, 0.15) is 44.1 Å². The number of hydrogen-bond acceptors (Lipinski definition) is 3. The van der Waals surface area contributed by atoms with Crippen molar-refractivity contribution in [3.63, 3.8) is 0 Å². The maximum atomic E-state index is 13.4. The van der Waals surface area contributed by atoms with Gasteiger partial charge < -0.3 is 10.2 Å². The summed E-state index contributed by atoms with van der Waals surface area (Å²) >= 11 is 5.90. The van der Waals surface area contributed by atoms with E-state index in [-0.39, 0.29) is 24.2 Å². The van der Waals surface area contributed by atoms with E-state index in [9.17, 15) is 14.0 Å². The molecule has 0 unspecified atom stereocenters. The van der Waals surface area contributed by atoms with E-state index >= 15 is 0 Å². The van der Waals surface area contributed by atoms with Crippen LogP contribution in [0.25, 0.3) is 0 Å². The predicted octanol–water partition coefficient (Wildman–Crippen LogP) is 4.80. The Hall–Kier alpha value is -2.73. The number of nitrogens with zero attached hydrogens (tertiary/aromatic N) is 2. The van der Waals surface area contributed by atoms with Crippen LogP contribution in [0.5, 0.6) is 0 Å².